The van der Waals surface area contributed by atoms with Crippen molar-refractivity contribution in [3.8, 4) is 5.75 Å². The van der Waals surface area contributed by atoms with Crippen LogP contribution in [0.1, 0.15) is 61.6 Å². The van der Waals surface area contributed by atoms with Gasteiger partial charge in [0.1, 0.15) is 12.4 Å². The number of rotatable bonds is 12. The number of anilines is 1. The fraction of sp³-hybridized carbons (Fsp3) is 0.500. The highest BCUT2D eigenvalue weighted by atomic mass is 35.5. The summed E-state index contributed by atoms with van der Waals surface area (Å²) in [5.74, 6) is -0.329. The van der Waals surface area contributed by atoms with Gasteiger partial charge in [-0.1, -0.05) is 35.9 Å². The van der Waals surface area contributed by atoms with Gasteiger partial charge in [0.05, 0.1) is 25.3 Å². The summed E-state index contributed by atoms with van der Waals surface area (Å²) >= 11 is 6.33. The van der Waals surface area contributed by atoms with Crippen LogP contribution in [0.3, 0.4) is 0 Å². The predicted octanol–water partition coefficient (Wildman–Crippen LogP) is 5.81. The van der Waals surface area contributed by atoms with Crippen LogP contribution in [0.4, 0.5) is 5.69 Å². The maximum atomic E-state index is 13.2. The summed E-state index contributed by atoms with van der Waals surface area (Å²) in [7, 11) is 2.86. The van der Waals surface area contributed by atoms with Gasteiger partial charge in [-0.25, -0.2) is 4.79 Å². The van der Waals surface area contributed by atoms with Crippen LogP contribution in [-0.4, -0.2) is 66.9 Å². The number of nitrogens with zero attached hydrogens (tertiary/aromatic N) is 2. The summed E-state index contributed by atoms with van der Waals surface area (Å²) in [6, 6.07) is 11.0. The number of methoxy groups -OCH3 is 1. The number of hydrogen-bond donors (Lipinski definition) is 2. The first kappa shape index (κ1) is 34.5. The van der Waals surface area contributed by atoms with E-state index in [1.54, 1.807) is 37.4 Å². The highest BCUT2D eigenvalue weighted by Gasteiger charge is 2.43. The van der Waals surface area contributed by atoms with E-state index in [1.807, 2.05) is 18.2 Å². The van der Waals surface area contributed by atoms with Crippen molar-refractivity contribution in [1.29, 1.82) is 0 Å². The summed E-state index contributed by atoms with van der Waals surface area (Å²) in [5.41, 5.74) is 0.975. The molecule has 0 unspecified atom stereocenters. The van der Waals surface area contributed by atoms with Gasteiger partial charge in [-0.05, 0) is 97.7 Å². The molecule has 0 radical (unpaired) electrons. The second kappa shape index (κ2) is 15.8. The molecule has 0 bridgehead atoms. The Morgan fingerprint density at radius 1 is 1.20 bits per heavy atom. The molecule has 244 valence electrons. The first-order chi connectivity index (χ1) is 21.6. The molecule has 2 aromatic rings. The third kappa shape index (κ3) is 8.29. The molecule has 4 atom stereocenters. The number of aliphatic hydroxyl groups is 2. The summed E-state index contributed by atoms with van der Waals surface area (Å²) in [6.07, 6.45) is 8.41. The zero-order valence-corrected chi connectivity index (χ0v) is 27.3. The zero-order valence-electron chi connectivity index (χ0n) is 26.6. The van der Waals surface area contributed by atoms with Crippen LogP contribution in [0.2, 0.25) is 5.02 Å². The molecule has 0 spiro atoms. The molecule has 0 saturated heterocycles. The van der Waals surface area contributed by atoms with Crippen LogP contribution < -0.4 is 9.64 Å². The highest BCUT2D eigenvalue weighted by molar-refractivity contribution is 6.30. The van der Waals surface area contributed by atoms with Crippen LogP contribution >= 0.6 is 11.6 Å². The zero-order chi connectivity index (χ0) is 32.6. The molecule has 8 nitrogen and oxygen atoms in total. The van der Waals surface area contributed by atoms with Crippen LogP contribution in [0.15, 0.2) is 61.7 Å². The second-order valence-electron chi connectivity index (χ2n) is 12.3. The predicted molar refractivity (Wildman–Crippen MR) is 177 cm³/mol. The van der Waals surface area contributed by atoms with Gasteiger partial charge in [-0.3, -0.25) is 4.79 Å². The molecule has 1 heterocycles. The standard InChI is InChI=1S/C36H47ClN2O6/c1-5-7-9-18-38(3)34(41)22-36(43,35(42)44-4)28-14-17-33-31(21-28)39(23-26-13-16-30(26)32(40)6-2)19-10-8-11-25-20-29(37)15-12-27(25)24-45-33/h5-6,12,14-15,17,20-21,26,30,32,40,43H,1-2,7-11,13,16,18-19,22-24H2,3-4H3/t26-,30+,32-,36+/m0/s1. The third-order valence-corrected chi connectivity index (χ3v) is 9.56. The molecule has 2 N–H and O–H groups in total. The quantitative estimate of drug-likeness (QED) is 0.172. The lowest BCUT2D eigenvalue weighted by Gasteiger charge is -2.42. The molecule has 1 amide bonds. The van der Waals surface area contributed by atoms with Gasteiger partial charge in [0, 0.05) is 31.7 Å². The fourth-order valence-corrected chi connectivity index (χ4v) is 6.53. The minimum absolute atomic E-state index is 0.112. The Morgan fingerprint density at radius 3 is 2.69 bits per heavy atom. The number of aryl methyl sites for hydroxylation is 1. The number of hydrogen-bond acceptors (Lipinski definition) is 7. The Kier molecular flexibility index (Phi) is 12.1. The normalized spacial score (nSPS) is 20.1. The third-order valence-electron chi connectivity index (χ3n) is 9.32. The van der Waals surface area contributed by atoms with E-state index in [9.17, 15) is 19.8 Å². The van der Waals surface area contributed by atoms with Crippen molar-refractivity contribution in [3.05, 3.63) is 83.4 Å². The van der Waals surface area contributed by atoms with E-state index < -0.39 is 24.1 Å². The van der Waals surface area contributed by atoms with E-state index in [4.69, 9.17) is 21.1 Å². The first-order valence-electron chi connectivity index (χ1n) is 15.9. The topological polar surface area (TPSA) is 99.5 Å². The van der Waals surface area contributed by atoms with Crippen LogP contribution in [0.5, 0.6) is 5.75 Å². The average Bonchev–Trinajstić information content (AvgIpc) is 3.05. The van der Waals surface area contributed by atoms with Crippen molar-refractivity contribution in [1.82, 2.24) is 4.90 Å². The van der Waals surface area contributed by atoms with E-state index >= 15 is 0 Å². The Bertz CT molecular complexity index is 1370. The van der Waals surface area contributed by atoms with Gasteiger partial charge >= 0.3 is 5.97 Å². The van der Waals surface area contributed by atoms with E-state index in [1.165, 1.54) is 12.0 Å². The Labute approximate surface area is 272 Å². The number of unbranched alkanes of at least 4 members (excludes halogenated alkanes) is 1. The second-order valence-corrected chi connectivity index (χ2v) is 12.7. The lowest BCUT2D eigenvalue weighted by Crippen LogP contribution is -2.44. The van der Waals surface area contributed by atoms with Crippen molar-refractivity contribution >= 4 is 29.2 Å². The first-order valence-corrected chi connectivity index (χ1v) is 16.2. The number of esters is 1. The van der Waals surface area contributed by atoms with Crippen molar-refractivity contribution in [2.45, 2.75) is 69.7 Å². The molecule has 1 aliphatic heterocycles. The van der Waals surface area contributed by atoms with Gasteiger partial charge in [0.15, 0.2) is 5.60 Å². The van der Waals surface area contributed by atoms with Gasteiger partial charge in [0.2, 0.25) is 5.91 Å². The summed E-state index contributed by atoms with van der Waals surface area (Å²) in [6.45, 7) is 9.67. The van der Waals surface area contributed by atoms with E-state index in [-0.39, 0.29) is 23.3 Å². The van der Waals surface area contributed by atoms with Gasteiger partial charge in [-0.2, -0.15) is 0 Å². The minimum Gasteiger partial charge on any atom is -0.487 e. The molecule has 1 aliphatic carbocycles. The van der Waals surface area contributed by atoms with Crippen molar-refractivity contribution in [3.63, 3.8) is 0 Å². The number of aliphatic hydroxyl groups excluding tert-OH is 1. The van der Waals surface area contributed by atoms with Crippen LogP contribution in [0.25, 0.3) is 0 Å². The largest absolute Gasteiger partial charge is 0.487 e. The minimum atomic E-state index is -2.20. The fourth-order valence-electron chi connectivity index (χ4n) is 6.34. The smallest absolute Gasteiger partial charge is 0.343 e. The number of amides is 1. The molecule has 1 fully saturated rings. The Hall–Kier alpha value is -3.33. The maximum absolute atomic E-state index is 13.2. The molecular weight excluding hydrogens is 592 g/mol. The van der Waals surface area contributed by atoms with E-state index in [0.717, 1.165) is 61.8 Å². The summed E-state index contributed by atoms with van der Waals surface area (Å²) in [4.78, 5) is 30.2. The van der Waals surface area contributed by atoms with Gasteiger partial charge < -0.3 is 29.5 Å². The van der Waals surface area contributed by atoms with Gasteiger partial charge in [-0.15, -0.1) is 13.2 Å². The number of carbonyl (C=O) groups excluding carboxylic acids is 2. The summed E-state index contributed by atoms with van der Waals surface area (Å²) < 4.78 is 11.5. The van der Waals surface area contributed by atoms with Crippen molar-refractivity contribution in [2.24, 2.45) is 11.8 Å². The SMILES string of the molecule is C=CCCCN(C)C(=O)C[C@](O)(C(=O)OC)c1ccc2c(c1)N(C[C@@H]1CC[C@H]1[C@@H](O)C=C)CCCCc1cc(Cl)ccc1CO2. The lowest BCUT2D eigenvalue weighted by molar-refractivity contribution is -0.168. The lowest BCUT2D eigenvalue weighted by atomic mass is 9.70. The maximum Gasteiger partial charge on any atom is 0.343 e. The van der Waals surface area contributed by atoms with Crippen molar-refractivity contribution < 1.29 is 29.3 Å². The van der Waals surface area contributed by atoms with E-state index in [2.05, 4.69) is 18.1 Å². The average molecular weight is 639 g/mol. The number of allylic oxidation sites excluding steroid dienone is 1. The Balaban J connectivity index is 1.72. The van der Waals surface area contributed by atoms with Crippen LogP contribution in [0, 0.1) is 11.8 Å². The number of ether oxygens (including phenoxy) is 2. The Morgan fingerprint density at radius 2 is 2.00 bits per heavy atom. The van der Waals surface area contributed by atoms with E-state index in [0.29, 0.717) is 37.0 Å². The molecule has 9 heteroatoms. The number of benzene rings is 2. The molecule has 45 heavy (non-hydrogen) atoms. The molecule has 4 rings (SSSR count). The van der Waals surface area contributed by atoms with Gasteiger partial charge in [0.25, 0.3) is 0 Å². The van der Waals surface area contributed by atoms with Crippen molar-refractivity contribution in [2.75, 3.05) is 38.7 Å². The van der Waals surface area contributed by atoms with Crippen LogP contribution in [-0.2, 0) is 33.0 Å². The molecule has 2 aromatic carbocycles. The molecule has 1 saturated carbocycles. The summed E-state index contributed by atoms with van der Waals surface area (Å²) in [5, 5.41) is 23.1. The number of fused-ring (bicyclic) bond motifs is 2. The molecular formula is C36H47ClN2O6. The number of halogens is 1. The number of carbonyl (C=O) groups is 2. The molecule has 0 aromatic heterocycles. The highest BCUT2D eigenvalue weighted by Crippen LogP contribution is 2.42. The molecule has 2 aliphatic rings. The monoisotopic (exact) mass is 638 g/mol.